The Morgan fingerprint density at radius 2 is 1.69 bits per heavy atom. The van der Waals surface area contributed by atoms with Gasteiger partial charge < -0.3 is 10.1 Å². The van der Waals surface area contributed by atoms with Gasteiger partial charge in [-0.05, 0) is 74.2 Å². The summed E-state index contributed by atoms with van der Waals surface area (Å²) in [5.74, 6) is 0.982. The van der Waals surface area contributed by atoms with Gasteiger partial charge in [-0.15, -0.1) is 0 Å². The summed E-state index contributed by atoms with van der Waals surface area (Å²) >= 11 is 0. The number of anilines is 1. The van der Waals surface area contributed by atoms with Crippen molar-refractivity contribution >= 4 is 21.6 Å². The molecule has 1 amide bonds. The van der Waals surface area contributed by atoms with Crippen LogP contribution in [0.15, 0.2) is 53.4 Å². The fourth-order valence-electron chi connectivity index (χ4n) is 3.57. The van der Waals surface area contributed by atoms with Crippen molar-refractivity contribution in [2.24, 2.45) is 5.92 Å². The molecule has 3 rings (SSSR count). The number of hydrogen-bond acceptors (Lipinski definition) is 4. The molecule has 0 radical (unpaired) electrons. The van der Waals surface area contributed by atoms with Crippen LogP contribution in [0.3, 0.4) is 0 Å². The fourth-order valence-corrected chi connectivity index (χ4v) is 4.63. The third-order valence-corrected chi connectivity index (χ3v) is 6.67. The van der Waals surface area contributed by atoms with Crippen LogP contribution < -0.4 is 14.8 Å². The average molecular weight is 417 g/mol. The number of nitrogens with one attached hydrogen (secondary N) is 2. The molecule has 6 nitrogen and oxygen atoms in total. The number of sulfonamides is 1. The Labute approximate surface area is 172 Å². The number of rotatable bonds is 7. The highest BCUT2D eigenvalue weighted by Crippen LogP contribution is 2.24. The van der Waals surface area contributed by atoms with Crippen molar-refractivity contribution in [3.63, 3.8) is 0 Å². The van der Waals surface area contributed by atoms with Gasteiger partial charge in [0.25, 0.3) is 15.9 Å². The number of carbonyl (C=O) groups excluding carboxylic acids is 1. The van der Waals surface area contributed by atoms with Crippen molar-refractivity contribution in [2.75, 3.05) is 11.3 Å². The highest BCUT2D eigenvalue weighted by molar-refractivity contribution is 7.92. The molecule has 1 aliphatic rings. The van der Waals surface area contributed by atoms with E-state index in [-0.39, 0.29) is 16.8 Å². The van der Waals surface area contributed by atoms with Gasteiger partial charge in [-0.25, -0.2) is 8.42 Å². The molecule has 2 N–H and O–H groups in total. The topological polar surface area (TPSA) is 84.5 Å². The molecule has 1 aliphatic carbocycles. The normalized spacial score (nSPS) is 19.4. The number of hydrogen-bond donors (Lipinski definition) is 2. The Morgan fingerprint density at radius 3 is 2.31 bits per heavy atom. The molecule has 156 valence electrons. The zero-order chi connectivity index (χ0) is 20.9. The number of benzene rings is 2. The SMILES string of the molecule is CCOc1ccc(NS(=O)(=O)c2ccc(C(=O)N[C@H]3CCCC[C@H]3C)cc2)cc1. The van der Waals surface area contributed by atoms with Gasteiger partial charge in [0.05, 0.1) is 11.5 Å². The molecule has 0 spiro atoms. The Kier molecular flexibility index (Phi) is 6.79. The largest absolute Gasteiger partial charge is 0.494 e. The van der Waals surface area contributed by atoms with Gasteiger partial charge in [-0.3, -0.25) is 9.52 Å². The molecule has 2 atom stereocenters. The van der Waals surface area contributed by atoms with Crippen LogP contribution in [0.5, 0.6) is 5.75 Å². The van der Waals surface area contributed by atoms with Crippen LogP contribution in [0.4, 0.5) is 5.69 Å². The number of carbonyl (C=O) groups is 1. The summed E-state index contributed by atoms with van der Waals surface area (Å²) in [5, 5.41) is 3.08. The zero-order valence-corrected chi connectivity index (χ0v) is 17.7. The van der Waals surface area contributed by atoms with Gasteiger partial charge in [-0.2, -0.15) is 0 Å². The summed E-state index contributed by atoms with van der Waals surface area (Å²) in [7, 11) is -3.74. The molecule has 1 saturated carbocycles. The van der Waals surface area contributed by atoms with E-state index in [1.165, 1.54) is 18.6 Å². The van der Waals surface area contributed by atoms with E-state index in [4.69, 9.17) is 4.74 Å². The van der Waals surface area contributed by atoms with Gasteiger partial charge in [-0.1, -0.05) is 19.8 Å². The lowest BCUT2D eigenvalue weighted by atomic mass is 9.86. The van der Waals surface area contributed by atoms with Crippen LogP contribution in [0, 0.1) is 5.92 Å². The highest BCUT2D eigenvalue weighted by atomic mass is 32.2. The second-order valence-corrected chi connectivity index (χ2v) is 9.11. The monoisotopic (exact) mass is 416 g/mol. The van der Waals surface area contributed by atoms with Gasteiger partial charge in [0.2, 0.25) is 0 Å². The van der Waals surface area contributed by atoms with Gasteiger partial charge in [0, 0.05) is 17.3 Å². The Balaban J connectivity index is 1.65. The smallest absolute Gasteiger partial charge is 0.261 e. The molecular formula is C22H28N2O4S. The van der Waals surface area contributed by atoms with E-state index in [1.54, 1.807) is 36.4 Å². The first-order valence-corrected chi connectivity index (χ1v) is 11.5. The maximum Gasteiger partial charge on any atom is 0.261 e. The van der Waals surface area contributed by atoms with Crippen LogP contribution >= 0.6 is 0 Å². The maximum absolute atomic E-state index is 12.6. The minimum Gasteiger partial charge on any atom is -0.494 e. The zero-order valence-electron chi connectivity index (χ0n) is 16.9. The number of ether oxygens (including phenoxy) is 1. The Bertz CT molecular complexity index is 924. The molecule has 2 aromatic carbocycles. The van der Waals surface area contributed by atoms with E-state index in [0.29, 0.717) is 29.5 Å². The van der Waals surface area contributed by atoms with E-state index in [9.17, 15) is 13.2 Å². The minimum absolute atomic E-state index is 0.106. The van der Waals surface area contributed by atoms with Gasteiger partial charge in [0.1, 0.15) is 5.75 Å². The summed E-state index contributed by atoms with van der Waals surface area (Å²) in [4.78, 5) is 12.6. The van der Waals surface area contributed by atoms with E-state index in [2.05, 4.69) is 17.0 Å². The summed E-state index contributed by atoms with van der Waals surface area (Å²) in [6, 6.07) is 12.9. The molecular weight excluding hydrogens is 388 g/mol. The van der Waals surface area contributed by atoms with Crippen molar-refractivity contribution in [1.29, 1.82) is 0 Å². The third kappa shape index (κ3) is 5.50. The van der Waals surface area contributed by atoms with Crippen molar-refractivity contribution in [2.45, 2.75) is 50.5 Å². The molecule has 0 heterocycles. The fraction of sp³-hybridized carbons (Fsp3) is 0.409. The molecule has 7 heteroatoms. The molecule has 1 fully saturated rings. The van der Waals surface area contributed by atoms with Crippen LogP contribution in [-0.2, 0) is 10.0 Å². The van der Waals surface area contributed by atoms with Crippen molar-refractivity contribution in [1.82, 2.24) is 5.32 Å². The minimum atomic E-state index is -3.74. The summed E-state index contributed by atoms with van der Waals surface area (Å²) < 4.78 is 33.1. The van der Waals surface area contributed by atoms with Crippen molar-refractivity contribution in [3.8, 4) is 5.75 Å². The Morgan fingerprint density at radius 1 is 1.03 bits per heavy atom. The molecule has 0 aliphatic heterocycles. The summed E-state index contributed by atoms with van der Waals surface area (Å²) in [6.45, 7) is 4.59. The first-order valence-electron chi connectivity index (χ1n) is 10.1. The first-order chi connectivity index (χ1) is 13.9. The first kappa shape index (κ1) is 21.2. The lowest BCUT2D eigenvalue weighted by Crippen LogP contribution is -2.41. The lowest BCUT2D eigenvalue weighted by molar-refractivity contribution is 0.0910. The molecule has 0 saturated heterocycles. The quantitative estimate of drug-likeness (QED) is 0.709. The van der Waals surface area contributed by atoms with E-state index < -0.39 is 10.0 Å². The van der Waals surface area contributed by atoms with Crippen LogP contribution in [-0.4, -0.2) is 27.0 Å². The molecule has 0 bridgehead atoms. The van der Waals surface area contributed by atoms with Crippen LogP contribution in [0.25, 0.3) is 0 Å². The maximum atomic E-state index is 12.6. The number of amides is 1. The average Bonchev–Trinajstić information content (AvgIpc) is 2.71. The van der Waals surface area contributed by atoms with Crippen molar-refractivity contribution < 1.29 is 17.9 Å². The lowest BCUT2D eigenvalue weighted by Gasteiger charge is -2.29. The van der Waals surface area contributed by atoms with E-state index in [0.717, 1.165) is 19.3 Å². The predicted molar refractivity (Wildman–Crippen MR) is 114 cm³/mol. The summed E-state index contributed by atoms with van der Waals surface area (Å²) in [5.41, 5.74) is 0.907. The van der Waals surface area contributed by atoms with Gasteiger partial charge in [0.15, 0.2) is 0 Å². The van der Waals surface area contributed by atoms with Crippen LogP contribution in [0.2, 0.25) is 0 Å². The molecule has 0 aromatic heterocycles. The van der Waals surface area contributed by atoms with E-state index in [1.807, 2.05) is 6.92 Å². The van der Waals surface area contributed by atoms with Crippen molar-refractivity contribution in [3.05, 3.63) is 54.1 Å². The third-order valence-electron chi connectivity index (χ3n) is 5.27. The highest BCUT2D eigenvalue weighted by Gasteiger charge is 2.23. The van der Waals surface area contributed by atoms with Gasteiger partial charge >= 0.3 is 0 Å². The molecule has 29 heavy (non-hydrogen) atoms. The second kappa shape index (κ2) is 9.31. The Hall–Kier alpha value is -2.54. The second-order valence-electron chi connectivity index (χ2n) is 7.43. The van der Waals surface area contributed by atoms with Crippen LogP contribution in [0.1, 0.15) is 49.9 Å². The standard InChI is InChI=1S/C22H28N2O4S/c1-3-28-19-12-10-18(11-13-19)24-29(26,27)20-14-8-17(9-15-20)22(25)23-21-7-5-4-6-16(21)2/h8-16,21,24H,3-7H2,1-2H3,(H,23,25)/t16-,21+/m1/s1. The van der Waals surface area contributed by atoms with E-state index >= 15 is 0 Å². The summed E-state index contributed by atoms with van der Waals surface area (Å²) in [6.07, 6.45) is 4.45. The molecule has 2 aromatic rings. The molecule has 0 unspecified atom stereocenters. The predicted octanol–water partition coefficient (Wildman–Crippen LogP) is 4.19.